The summed E-state index contributed by atoms with van der Waals surface area (Å²) in [5.74, 6) is -0.477. The molecule has 0 N–H and O–H groups in total. The van der Waals surface area contributed by atoms with Gasteiger partial charge in [-0.2, -0.15) is 4.31 Å². The van der Waals surface area contributed by atoms with Crippen LogP contribution in [0.15, 0.2) is 53.4 Å². The molecule has 0 aliphatic carbocycles. The van der Waals surface area contributed by atoms with Gasteiger partial charge >= 0.3 is 0 Å². The zero-order valence-corrected chi connectivity index (χ0v) is 16.4. The number of benzene rings is 2. The second kappa shape index (κ2) is 7.31. The summed E-state index contributed by atoms with van der Waals surface area (Å²) in [6, 6.07) is 11.9. The Morgan fingerprint density at radius 3 is 2.14 bits per heavy atom. The van der Waals surface area contributed by atoms with Crippen LogP contribution in [0.2, 0.25) is 0 Å². The molecule has 146 valence electrons. The van der Waals surface area contributed by atoms with Crippen molar-refractivity contribution in [2.24, 2.45) is 0 Å². The fourth-order valence-corrected chi connectivity index (χ4v) is 5.74. The smallest absolute Gasteiger partial charge is 0.273 e. The molecular formula is C19H17FN2O4S2. The highest BCUT2D eigenvalue weighted by atomic mass is 32.2. The molecular weight excluding hydrogens is 403 g/mol. The molecule has 2 fully saturated rings. The molecule has 0 spiro atoms. The van der Waals surface area contributed by atoms with E-state index < -0.39 is 16.1 Å². The minimum Gasteiger partial charge on any atom is -0.273 e. The van der Waals surface area contributed by atoms with Crippen LogP contribution in [-0.4, -0.2) is 53.7 Å². The molecule has 2 aromatic rings. The summed E-state index contributed by atoms with van der Waals surface area (Å²) in [6.07, 6.45) is 0.435. The van der Waals surface area contributed by atoms with Crippen LogP contribution in [0.3, 0.4) is 0 Å². The van der Waals surface area contributed by atoms with E-state index in [0.717, 1.165) is 22.9 Å². The van der Waals surface area contributed by atoms with Crippen LogP contribution in [0.25, 0.3) is 11.1 Å². The zero-order valence-electron chi connectivity index (χ0n) is 14.7. The number of nitrogens with zero attached hydrogens (tertiary/aromatic N) is 2. The predicted molar refractivity (Wildman–Crippen MR) is 104 cm³/mol. The van der Waals surface area contributed by atoms with E-state index in [1.165, 1.54) is 33.5 Å². The molecule has 0 bridgehead atoms. The fraction of sp³-hybridized carbons (Fsp3) is 0.263. The highest BCUT2D eigenvalue weighted by Crippen LogP contribution is 2.30. The summed E-state index contributed by atoms with van der Waals surface area (Å²) < 4.78 is 40.2. The maximum Gasteiger partial charge on any atom is 0.289 e. The lowest BCUT2D eigenvalue weighted by Crippen LogP contribution is -2.41. The van der Waals surface area contributed by atoms with Crippen molar-refractivity contribution in [3.8, 4) is 11.1 Å². The number of halogens is 1. The summed E-state index contributed by atoms with van der Waals surface area (Å²) in [7, 11) is -3.72. The van der Waals surface area contributed by atoms with Crippen molar-refractivity contribution in [3.63, 3.8) is 0 Å². The van der Waals surface area contributed by atoms with Crippen LogP contribution in [0.4, 0.5) is 9.18 Å². The minimum atomic E-state index is -3.72. The predicted octanol–water partition coefficient (Wildman–Crippen LogP) is 2.95. The lowest BCUT2D eigenvalue weighted by atomic mass is 10.1. The van der Waals surface area contributed by atoms with Crippen LogP contribution < -0.4 is 0 Å². The van der Waals surface area contributed by atoms with Crippen LogP contribution in [0.1, 0.15) is 6.42 Å². The minimum absolute atomic E-state index is 0.111. The molecule has 0 radical (unpaired) electrons. The highest BCUT2D eigenvalue weighted by molar-refractivity contribution is 8.14. The molecule has 2 saturated heterocycles. The molecule has 4 rings (SSSR count). The van der Waals surface area contributed by atoms with E-state index in [0.29, 0.717) is 6.42 Å². The lowest BCUT2D eigenvalue weighted by molar-refractivity contribution is -0.126. The molecule has 1 atom stereocenters. The van der Waals surface area contributed by atoms with E-state index in [1.54, 1.807) is 24.3 Å². The van der Waals surface area contributed by atoms with Crippen LogP contribution in [-0.2, 0) is 14.8 Å². The van der Waals surface area contributed by atoms with Crippen molar-refractivity contribution in [2.75, 3.05) is 18.8 Å². The van der Waals surface area contributed by atoms with Crippen molar-refractivity contribution >= 4 is 32.9 Å². The fourth-order valence-electron chi connectivity index (χ4n) is 3.47. The number of rotatable bonds is 4. The van der Waals surface area contributed by atoms with Gasteiger partial charge < -0.3 is 0 Å². The molecule has 9 heteroatoms. The van der Waals surface area contributed by atoms with Gasteiger partial charge in [0.15, 0.2) is 0 Å². The molecule has 2 aromatic carbocycles. The van der Waals surface area contributed by atoms with Gasteiger partial charge in [-0.25, -0.2) is 12.8 Å². The van der Waals surface area contributed by atoms with E-state index in [4.69, 9.17) is 0 Å². The molecule has 6 nitrogen and oxygen atoms in total. The normalized spacial score (nSPS) is 20.9. The van der Waals surface area contributed by atoms with E-state index >= 15 is 0 Å². The van der Waals surface area contributed by atoms with Crippen LogP contribution in [0.5, 0.6) is 0 Å². The van der Waals surface area contributed by atoms with Crippen molar-refractivity contribution in [1.29, 1.82) is 0 Å². The van der Waals surface area contributed by atoms with Gasteiger partial charge in [-0.05, 0) is 41.8 Å². The first-order valence-corrected chi connectivity index (χ1v) is 11.1. The summed E-state index contributed by atoms with van der Waals surface area (Å²) >= 11 is 0.952. The molecule has 2 amide bonds. The third kappa shape index (κ3) is 3.45. The Kier molecular flexibility index (Phi) is 4.98. The van der Waals surface area contributed by atoms with Crippen molar-refractivity contribution in [1.82, 2.24) is 9.21 Å². The number of amides is 2. The summed E-state index contributed by atoms with van der Waals surface area (Å²) in [4.78, 5) is 25.1. The molecule has 28 heavy (non-hydrogen) atoms. The number of hydrogen-bond donors (Lipinski definition) is 0. The second-order valence-corrected chi connectivity index (χ2v) is 9.52. The average Bonchev–Trinajstić information content (AvgIpc) is 3.29. The van der Waals surface area contributed by atoms with E-state index in [1.807, 2.05) is 0 Å². The average molecular weight is 420 g/mol. The number of hydrogen-bond acceptors (Lipinski definition) is 5. The Morgan fingerprint density at radius 1 is 0.964 bits per heavy atom. The third-order valence-electron chi connectivity index (χ3n) is 4.95. The highest BCUT2D eigenvalue weighted by Gasteiger charge is 2.42. The Bertz CT molecular complexity index is 1010. The van der Waals surface area contributed by atoms with Gasteiger partial charge in [0.1, 0.15) is 5.82 Å². The molecule has 0 unspecified atom stereocenters. The van der Waals surface area contributed by atoms with Crippen molar-refractivity contribution in [2.45, 2.75) is 17.4 Å². The Hall–Kier alpha value is -2.23. The summed E-state index contributed by atoms with van der Waals surface area (Å²) in [5.41, 5.74) is 1.57. The summed E-state index contributed by atoms with van der Waals surface area (Å²) in [5, 5.41) is -0.308. The van der Waals surface area contributed by atoms with Gasteiger partial charge in [0.05, 0.1) is 16.7 Å². The van der Waals surface area contributed by atoms with Gasteiger partial charge in [-0.1, -0.05) is 36.0 Å². The second-order valence-electron chi connectivity index (χ2n) is 6.66. The van der Waals surface area contributed by atoms with Gasteiger partial charge in [-0.15, -0.1) is 0 Å². The molecule has 2 heterocycles. The quantitative estimate of drug-likeness (QED) is 0.760. The number of thioether (sulfide) groups is 1. The Labute approximate surface area is 166 Å². The largest absolute Gasteiger partial charge is 0.289 e. The van der Waals surface area contributed by atoms with Gasteiger partial charge in [0, 0.05) is 13.1 Å². The number of imide groups is 1. The van der Waals surface area contributed by atoms with Gasteiger partial charge in [0.2, 0.25) is 15.9 Å². The SMILES string of the molecule is O=C1CSC(=O)N1[C@@H]1CCN(S(=O)(=O)c2ccc(-c3ccc(F)cc3)cc2)C1. The third-order valence-corrected chi connectivity index (χ3v) is 7.66. The Balaban J connectivity index is 1.51. The lowest BCUT2D eigenvalue weighted by Gasteiger charge is -2.21. The number of carbonyl (C=O) groups excluding carboxylic acids is 2. The van der Waals surface area contributed by atoms with Gasteiger partial charge in [-0.3, -0.25) is 14.5 Å². The van der Waals surface area contributed by atoms with Crippen LogP contribution in [0, 0.1) is 5.82 Å². The van der Waals surface area contributed by atoms with E-state index in [-0.39, 0.29) is 40.7 Å². The van der Waals surface area contributed by atoms with Crippen molar-refractivity contribution in [3.05, 3.63) is 54.3 Å². The number of carbonyl (C=O) groups is 2. The first-order chi connectivity index (χ1) is 13.4. The van der Waals surface area contributed by atoms with E-state index in [9.17, 15) is 22.4 Å². The molecule has 2 aliphatic heterocycles. The first-order valence-electron chi connectivity index (χ1n) is 8.71. The monoisotopic (exact) mass is 420 g/mol. The topological polar surface area (TPSA) is 74.8 Å². The molecule has 0 aromatic heterocycles. The van der Waals surface area contributed by atoms with E-state index in [2.05, 4.69) is 0 Å². The number of sulfonamides is 1. The first kappa shape index (κ1) is 19.1. The van der Waals surface area contributed by atoms with Crippen molar-refractivity contribution < 1.29 is 22.4 Å². The Morgan fingerprint density at radius 2 is 1.57 bits per heavy atom. The van der Waals surface area contributed by atoms with Crippen LogP contribution >= 0.6 is 11.8 Å². The maximum absolute atomic E-state index is 13.1. The van der Waals surface area contributed by atoms with Gasteiger partial charge in [0.25, 0.3) is 5.24 Å². The maximum atomic E-state index is 13.1. The zero-order chi connectivity index (χ0) is 19.9. The standard InChI is InChI=1S/C19H17FN2O4S2/c20-15-5-1-13(2-6-15)14-3-7-17(8-4-14)28(25,26)21-10-9-16(11-21)22-18(23)12-27-19(22)24/h1-8,16H,9-12H2/t16-/m1/s1. The summed E-state index contributed by atoms with van der Waals surface area (Å²) in [6.45, 7) is 0.370. The molecule has 0 saturated carbocycles. The molecule has 2 aliphatic rings.